The second kappa shape index (κ2) is 6.37. The third-order valence-corrected chi connectivity index (χ3v) is 4.13. The minimum Gasteiger partial charge on any atom is -0.481 e. The number of nitrogens with zero attached hydrogens (tertiary/aromatic N) is 1. The Labute approximate surface area is 113 Å². The number of carbonyl (C=O) groups excluding carboxylic acids is 1. The van der Waals surface area contributed by atoms with Crippen molar-refractivity contribution >= 4 is 11.9 Å². The number of ether oxygens (including phenoxy) is 1. The van der Waals surface area contributed by atoms with E-state index in [0.29, 0.717) is 25.6 Å². The van der Waals surface area contributed by atoms with E-state index in [-0.39, 0.29) is 24.3 Å². The van der Waals surface area contributed by atoms with E-state index in [1.54, 1.807) is 4.90 Å². The minimum absolute atomic E-state index is 0.0643. The highest BCUT2D eigenvalue weighted by atomic mass is 16.5. The third-order valence-electron chi connectivity index (χ3n) is 4.13. The standard InChI is InChI=1S/C14H23NO4/c1-2-3-6-19-9-13(16)15-7-11(10-4-5-10)12(8-15)14(17)18/h10-12H,2-9H2,1H3,(H,17,18)/t11-,12+/m1/s1. The van der Waals surface area contributed by atoms with Crippen LogP contribution >= 0.6 is 0 Å². The predicted octanol–water partition coefficient (Wildman–Crippen LogP) is 1.37. The summed E-state index contributed by atoms with van der Waals surface area (Å²) in [7, 11) is 0. The van der Waals surface area contributed by atoms with Crippen molar-refractivity contribution in [3.05, 3.63) is 0 Å². The molecule has 1 N–H and O–H groups in total. The first-order valence-corrected chi connectivity index (χ1v) is 7.21. The molecule has 0 radical (unpaired) electrons. The molecule has 1 saturated heterocycles. The summed E-state index contributed by atoms with van der Waals surface area (Å²) in [5.41, 5.74) is 0. The van der Waals surface area contributed by atoms with Crippen LogP contribution in [0, 0.1) is 17.8 Å². The number of aliphatic carboxylic acids is 1. The molecule has 1 amide bonds. The molecule has 0 bridgehead atoms. The molecule has 0 aromatic rings. The lowest BCUT2D eigenvalue weighted by Gasteiger charge is -2.16. The molecule has 5 nitrogen and oxygen atoms in total. The SMILES string of the molecule is CCCCOCC(=O)N1C[C@H](C(=O)O)[C@@H](C2CC2)C1. The summed E-state index contributed by atoms with van der Waals surface area (Å²) in [6.45, 7) is 3.71. The molecular formula is C14H23NO4. The maximum atomic E-state index is 12.0. The number of unbranched alkanes of at least 4 members (excludes halogenated alkanes) is 1. The molecule has 2 atom stereocenters. The van der Waals surface area contributed by atoms with Crippen molar-refractivity contribution < 1.29 is 19.4 Å². The van der Waals surface area contributed by atoms with E-state index in [0.717, 1.165) is 25.7 Å². The summed E-state index contributed by atoms with van der Waals surface area (Å²) >= 11 is 0. The zero-order chi connectivity index (χ0) is 13.8. The summed E-state index contributed by atoms with van der Waals surface area (Å²) in [4.78, 5) is 24.9. The topological polar surface area (TPSA) is 66.8 Å². The van der Waals surface area contributed by atoms with Crippen LogP contribution in [0.15, 0.2) is 0 Å². The van der Waals surface area contributed by atoms with Gasteiger partial charge in [0.2, 0.25) is 5.91 Å². The molecule has 1 saturated carbocycles. The van der Waals surface area contributed by atoms with Gasteiger partial charge in [0.15, 0.2) is 0 Å². The smallest absolute Gasteiger partial charge is 0.308 e. The molecule has 2 aliphatic rings. The lowest BCUT2D eigenvalue weighted by Crippen LogP contribution is -2.33. The molecule has 2 rings (SSSR count). The summed E-state index contributed by atoms with van der Waals surface area (Å²) in [5, 5.41) is 9.24. The summed E-state index contributed by atoms with van der Waals surface area (Å²) in [6.07, 6.45) is 4.23. The Balaban J connectivity index is 1.81. The molecule has 0 aromatic carbocycles. The number of hydrogen-bond acceptors (Lipinski definition) is 3. The van der Waals surface area contributed by atoms with Gasteiger partial charge in [-0.15, -0.1) is 0 Å². The van der Waals surface area contributed by atoms with Gasteiger partial charge >= 0.3 is 5.97 Å². The van der Waals surface area contributed by atoms with Crippen LogP contribution in [0.3, 0.4) is 0 Å². The Morgan fingerprint density at radius 2 is 2.05 bits per heavy atom. The summed E-state index contributed by atoms with van der Waals surface area (Å²) in [5.74, 6) is -0.548. The first kappa shape index (κ1) is 14.3. The number of carboxylic acids is 1. The van der Waals surface area contributed by atoms with Crippen molar-refractivity contribution in [3.8, 4) is 0 Å². The molecule has 1 aliphatic carbocycles. The van der Waals surface area contributed by atoms with Crippen LogP contribution in [0.4, 0.5) is 0 Å². The fourth-order valence-electron chi connectivity index (χ4n) is 2.79. The van der Waals surface area contributed by atoms with Crippen molar-refractivity contribution in [1.29, 1.82) is 0 Å². The molecule has 0 aromatic heterocycles. The van der Waals surface area contributed by atoms with Crippen LogP contribution in [0.2, 0.25) is 0 Å². The van der Waals surface area contributed by atoms with Crippen LogP contribution in [0.25, 0.3) is 0 Å². The average Bonchev–Trinajstić information content (AvgIpc) is 3.12. The number of rotatable bonds is 7. The Bertz CT molecular complexity index is 340. The number of hydrogen-bond donors (Lipinski definition) is 1. The molecule has 2 fully saturated rings. The van der Waals surface area contributed by atoms with Crippen molar-refractivity contribution in [1.82, 2.24) is 4.90 Å². The average molecular weight is 269 g/mol. The van der Waals surface area contributed by atoms with Gasteiger partial charge in [0.25, 0.3) is 0 Å². The van der Waals surface area contributed by atoms with Gasteiger partial charge in [-0.3, -0.25) is 9.59 Å². The van der Waals surface area contributed by atoms with Gasteiger partial charge in [-0.1, -0.05) is 13.3 Å². The van der Waals surface area contributed by atoms with Crippen LogP contribution < -0.4 is 0 Å². The van der Waals surface area contributed by atoms with Crippen molar-refractivity contribution in [2.45, 2.75) is 32.6 Å². The molecule has 0 spiro atoms. The molecular weight excluding hydrogens is 246 g/mol. The Morgan fingerprint density at radius 3 is 2.63 bits per heavy atom. The molecule has 5 heteroatoms. The van der Waals surface area contributed by atoms with Crippen LogP contribution in [0.1, 0.15) is 32.6 Å². The highest BCUT2D eigenvalue weighted by Crippen LogP contribution is 2.44. The normalized spacial score (nSPS) is 26.7. The quantitative estimate of drug-likeness (QED) is 0.709. The summed E-state index contributed by atoms with van der Waals surface area (Å²) in [6, 6.07) is 0. The number of amides is 1. The summed E-state index contributed by atoms with van der Waals surface area (Å²) < 4.78 is 5.32. The first-order chi connectivity index (χ1) is 9.13. The van der Waals surface area contributed by atoms with Crippen molar-refractivity contribution in [2.24, 2.45) is 17.8 Å². The van der Waals surface area contributed by atoms with Gasteiger partial charge in [0, 0.05) is 19.7 Å². The largest absolute Gasteiger partial charge is 0.481 e. The van der Waals surface area contributed by atoms with Gasteiger partial charge in [-0.05, 0) is 31.1 Å². The molecule has 108 valence electrons. The maximum absolute atomic E-state index is 12.0. The van der Waals surface area contributed by atoms with Crippen LogP contribution in [0.5, 0.6) is 0 Å². The zero-order valence-corrected chi connectivity index (χ0v) is 11.5. The van der Waals surface area contributed by atoms with Crippen LogP contribution in [-0.4, -0.2) is 48.2 Å². The number of carbonyl (C=O) groups is 2. The van der Waals surface area contributed by atoms with E-state index in [9.17, 15) is 14.7 Å². The lowest BCUT2D eigenvalue weighted by atomic mass is 9.92. The second-order valence-corrected chi connectivity index (χ2v) is 5.65. The Morgan fingerprint density at radius 1 is 1.32 bits per heavy atom. The molecule has 1 aliphatic heterocycles. The van der Waals surface area contributed by atoms with E-state index < -0.39 is 5.97 Å². The van der Waals surface area contributed by atoms with Gasteiger partial charge < -0.3 is 14.7 Å². The van der Waals surface area contributed by atoms with E-state index in [2.05, 4.69) is 6.92 Å². The second-order valence-electron chi connectivity index (χ2n) is 5.65. The first-order valence-electron chi connectivity index (χ1n) is 7.21. The van der Waals surface area contributed by atoms with Gasteiger partial charge in [0.05, 0.1) is 5.92 Å². The van der Waals surface area contributed by atoms with Crippen LogP contribution in [-0.2, 0) is 14.3 Å². The molecule has 1 heterocycles. The Kier molecular flexibility index (Phi) is 4.80. The fraction of sp³-hybridized carbons (Fsp3) is 0.857. The van der Waals surface area contributed by atoms with E-state index in [4.69, 9.17) is 4.74 Å². The van der Waals surface area contributed by atoms with Gasteiger partial charge in [-0.25, -0.2) is 0 Å². The lowest BCUT2D eigenvalue weighted by molar-refractivity contribution is -0.143. The predicted molar refractivity (Wildman–Crippen MR) is 69.6 cm³/mol. The number of likely N-dealkylation sites (tertiary alicyclic amines) is 1. The third kappa shape index (κ3) is 3.69. The number of carboxylic acid groups (broad SMARTS) is 1. The van der Waals surface area contributed by atoms with Gasteiger partial charge in [0.1, 0.15) is 6.61 Å². The zero-order valence-electron chi connectivity index (χ0n) is 11.5. The fourth-order valence-corrected chi connectivity index (χ4v) is 2.79. The molecule has 0 unspecified atom stereocenters. The van der Waals surface area contributed by atoms with E-state index in [1.165, 1.54) is 0 Å². The van der Waals surface area contributed by atoms with E-state index in [1.807, 2.05) is 0 Å². The molecule has 19 heavy (non-hydrogen) atoms. The highest BCUT2D eigenvalue weighted by Gasteiger charge is 2.46. The monoisotopic (exact) mass is 269 g/mol. The Hall–Kier alpha value is -1.10. The minimum atomic E-state index is -0.765. The van der Waals surface area contributed by atoms with Gasteiger partial charge in [-0.2, -0.15) is 0 Å². The van der Waals surface area contributed by atoms with E-state index >= 15 is 0 Å². The van der Waals surface area contributed by atoms with Crippen molar-refractivity contribution in [2.75, 3.05) is 26.3 Å². The maximum Gasteiger partial charge on any atom is 0.308 e. The van der Waals surface area contributed by atoms with Crippen molar-refractivity contribution in [3.63, 3.8) is 0 Å². The highest BCUT2D eigenvalue weighted by molar-refractivity contribution is 5.80.